The molecule has 0 aliphatic carbocycles. The second-order valence-electron chi connectivity index (χ2n) is 5.82. The van der Waals surface area contributed by atoms with Crippen molar-refractivity contribution in [2.75, 3.05) is 19.5 Å². The van der Waals surface area contributed by atoms with Gasteiger partial charge in [-0.05, 0) is 46.3 Å². The van der Waals surface area contributed by atoms with Crippen molar-refractivity contribution in [2.24, 2.45) is 0 Å². The van der Waals surface area contributed by atoms with E-state index in [1.165, 1.54) is 32.4 Å². The van der Waals surface area contributed by atoms with E-state index >= 15 is 0 Å². The van der Waals surface area contributed by atoms with Crippen LogP contribution in [-0.2, 0) is 14.9 Å². The summed E-state index contributed by atoms with van der Waals surface area (Å²) in [5.41, 5.74) is 1.27. The third-order valence-electron chi connectivity index (χ3n) is 4.02. The van der Waals surface area contributed by atoms with Crippen LogP contribution in [0, 0.1) is 0 Å². The second-order valence-corrected chi connectivity index (χ2v) is 9.04. The quantitative estimate of drug-likeness (QED) is 0.522. The largest absolute Gasteiger partial charge is 0.320 e. The smallest absolute Gasteiger partial charge is 0.266 e. The van der Waals surface area contributed by atoms with E-state index in [1.54, 1.807) is 35.3 Å². The molecule has 2 aromatic carbocycles. The lowest BCUT2D eigenvalue weighted by molar-refractivity contribution is -0.0258. The molecule has 0 aliphatic rings. The minimum absolute atomic E-state index is 0.0211. The van der Waals surface area contributed by atoms with E-state index < -0.39 is 15.9 Å². The van der Waals surface area contributed by atoms with Gasteiger partial charge < -0.3 is 5.32 Å². The standard InChI is InChI=1S/C18H16BrClN4O4S/c1-23(28-2)29(26,27)17-9-12(7-8-14(17)20)18(25)22-15-5-3-4-6-16(15)24-11-13(19)10-21-24/h3-11H,1-2H3,(H,22,25). The van der Waals surface area contributed by atoms with E-state index in [1.807, 2.05) is 6.07 Å². The van der Waals surface area contributed by atoms with E-state index in [0.29, 0.717) is 15.8 Å². The molecule has 0 saturated carbocycles. The Morgan fingerprint density at radius 1 is 1.28 bits per heavy atom. The average Bonchev–Trinajstić information content (AvgIpc) is 3.13. The Morgan fingerprint density at radius 2 is 2.00 bits per heavy atom. The summed E-state index contributed by atoms with van der Waals surface area (Å²) >= 11 is 9.38. The van der Waals surface area contributed by atoms with Crippen LogP contribution in [0.3, 0.4) is 0 Å². The maximum Gasteiger partial charge on any atom is 0.266 e. The van der Waals surface area contributed by atoms with Gasteiger partial charge in [0.05, 0.1) is 34.2 Å². The summed E-state index contributed by atoms with van der Waals surface area (Å²) in [6, 6.07) is 11.1. The van der Waals surface area contributed by atoms with Crippen molar-refractivity contribution in [3.05, 3.63) is 69.9 Å². The lowest BCUT2D eigenvalue weighted by Crippen LogP contribution is -2.26. The van der Waals surface area contributed by atoms with Crippen molar-refractivity contribution in [2.45, 2.75) is 4.90 Å². The van der Waals surface area contributed by atoms with E-state index in [-0.39, 0.29) is 15.5 Å². The number of rotatable bonds is 6. The molecular weight excluding hydrogens is 484 g/mol. The summed E-state index contributed by atoms with van der Waals surface area (Å²) < 4.78 is 28.1. The molecule has 0 atom stereocenters. The fourth-order valence-electron chi connectivity index (χ4n) is 2.49. The Bertz CT molecular complexity index is 1170. The number of nitrogens with zero attached hydrogens (tertiary/aromatic N) is 3. The van der Waals surface area contributed by atoms with Crippen molar-refractivity contribution < 1.29 is 18.0 Å². The zero-order valence-corrected chi connectivity index (χ0v) is 18.5. The van der Waals surface area contributed by atoms with E-state index in [4.69, 9.17) is 16.4 Å². The van der Waals surface area contributed by atoms with Gasteiger partial charge in [0.1, 0.15) is 4.90 Å². The van der Waals surface area contributed by atoms with Gasteiger partial charge in [-0.15, -0.1) is 0 Å². The summed E-state index contributed by atoms with van der Waals surface area (Å²) in [7, 11) is -1.57. The third kappa shape index (κ3) is 4.51. The van der Waals surface area contributed by atoms with Crippen LogP contribution in [0.1, 0.15) is 10.4 Å². The Kier molecular flexibility index (Phi) is 6.39. The lowest BCUT2D eigenvalue weighted by Gasteiger charge is -2.16. The number of sulfonamides is 1. The van der Waals surface area contributed by atoms with Gasteiger partial charge in [-0.2, -0.15) is 5.10 Å². The maximum atomic E-state index is 12.8. The molecule has 0 radical (unpaired) electrons. The minimum Gasteiger partial charge on any atom is -0.320 e. The molecule has 8 nitrogen and oxygen atoms in total. The molecular formula is C18H16BrClN4O4S. The number of nitrogens with one attached hydrogen (secondary N) is 1. The van der Waals surface area contributed by atoms with Gasteiger partial charge in [-0.1, -0.05) is 28.2 Å². The van der Waals surface area contributed by atoms with Crippen LogP contribution in [0.15, 0.2) is 64.2 Å². The lowest BCUT2D eigenvalue weighted by atomic mass is 10.2. The summed E-state index contributed by atoms with van der Waals surface area (Å²) in [6.07, 6.45) is 3.37. The average molecular weight is 500 g/mol. The van der Waals surface area contributed by atoms with Gasteiger partial charge in [0.15, 0.2) is 0 Å². The molecule has 0 unspecified atom stereocenters. The first-order valence-electron chi connectivity index (χ1n) is 8.17. The van der Waals surface area contributed by atoms with Crippen LogP contribution in [0.2, 0.25) is 5.02 Å². The highest BCUT2D eigenvalue weighted by Crippen LogP contribution is 2.27. The normalized spacial score (nSPS) is 11.6. The van der Waals surface area contributed by atoms with Gasteiger partial charge in [0, 0.05) is 18.8 Å². The van der Waals surface area contributed by atoms with Crippen LogP contribution in [0.4, 0.5) is 5.69 Å². The summed E-state index contributed by atoms with van der Waals surface area (Å²) in [6.45, 7) is 0. The Hall–Kier alpha value is -2.24. The molecule has 1 N–H and O–H groups in total. The van der Waals surface area contributed by atoms with Crippen LogP contribution < -0.4 is 5.32 Å². The van der Waals surface area contributed by atoms with Crippen LogP contribution in [0.25, 0.3) is 5.69 Å². The Labute approximate surface area is 181 Å². The molecule has 1 amide bonds. The third-order valence-corrected chi connectivity index (χ3v) is 6.59. The van der Waals surface area contributed by atoms with Crippen molar-refractivity contribution in [1.29, 1.82) is 0 Å². The molecule has 11 heteroatoms. The predicted octanol–water partition coefficient (Wildman–Crippen LogP) is 3.72. The predicted molar refractivity (Wildman–Crippen MR) is 113 cm³/mol. The number of para-hydroxylation sites is 2. The molecule has 0 fully saturated rings. The van der Waals surface area contributed by atoms with E-state index in [2.05, 4.69) is 26.3 Å². The summed E-state index contributed by atoms with van der Waals surface area (Å²) in [4.78, 5) is 17.3. The number of anilines is 1. The molecule has 1 heterocycles. The SMILES string of the molecule is CON(C)S(=O)(=O)c1cc(C(=O)Nc2ccccc2-n2cc(Br)cn2)ccc1Cl. The van der Waals surface area contributed by atoms with Gasteiger partial charge in [-0.3, -0.25) is 9.63 Å². The molecule has 0 saturated heterocycles. The number of aromatic nitrogens is 2. The zero-order valence-electron chi connectivity index (χ0n) is 15.3. The number of carbonyl (C=O) groups is 1. The van der Waals surface area contributed by atoms with Gasteiger partial charge >= 0.3 is 0 Å². The first-order chi connectivity index (χ1) is 13.7. The Balaban J connectivity index is 1.95. The van der Waals surface area contributed by atoms with Gasteiger partial charge in [0.25, 0.3) is 15.9 Å². The van der Waals surface area contributed by atoms with Crippen molar-refractivity contribution in [1.82, 2.24) is 14.2 Å². The zero-order chi connectivity index (χ0) is 21.2. The van der Waals surface area contributed by atoms with Gasteiger partial charge in [0.2, 0.25) is 0 Å². The minimum atomic E-state index is -4.02. The Morgan fingerprint density at radius 3 is 2.66 bits per heavy atom. The molecule has 0 spiro atoms. The number of carbonyl (C=O) groups excluding carboxylic acids is 1. The molecule has 29 heavy (non-hydrogen) atoms. The van der Waals surface area contributed by atoms with Crippen molar-refractivity contribution >= 4 is 49.1 Å². The highest BCUT2D eigenvalue weighted by Gasteiger charge is 2.25. The van der Waals surface area contributed by atoms with Crippen molar-refractivity contribution in [3.63, 3.8) is 0 Å². The maximum absolute atomic E-state index is 12.8. The highest BCUT2D eigenvalue weighted by molar-refractivity contribution is 9.10. The number of hydroxylamine groups is 1. The first-order valence-corrected chi connectivity index (χ1v) is 10.8. The number of benzene rings is 2. The topological polar surface area (TPSA) is 93.5 Å². The fraction of sp³-hybridized carbons (Fsp3) is 0.111. The first kappa shape index (κ1) is 21.5. The van der Waals surface area contributed by atoms with Crippen molar-refractivity contribution in [3.8, 4) is 5.69 Å². The monoisotopic (exact) mass is 498 g/mol. The second kappa shape index (κ2) is 8.64. The molecule has 1 aromatic heterocycles. The van der Waals surface area contributed by atoms with Crippen LogP contribution in [-0.4, -0.2) is 42.7 Å². The fourth-order valence-corrected chi connectivity index (χ4v) is 4.24. The summed E-state index contributed by atoms with van der Waals surface area (Å²) in [5, 5.41) is 6.97. The number of amides is 1. The number of halogens is 2. The number of hydrogen-bond acceptors (Lipinski definition) is 5. The molecule has 0 bridgehead atoms. The molecule has 3 aromatic rings. The van der Waals surface area contributed by atoms with Gasteiger partial charge in [-0.25, -0.2) is 13.1 Å². The van der Waals surface area contributed by atoms with Crippen LogP contribution >= 0.6 is 27.5 Å². The van der Waals surface area contributed by atoms with Crippen LogP contribution in [0.5, 0.6) is 0 Å². The number of hydrogen-bond donors (Lipinski definition) is 1. The molecule has 0 aliphatic heterocycles. The summed E-state index contributed by atoms with van der Waals surface area (Å²) in [5.74, 6) is -0.503. The highest BCUT2D eigenvalue weighted by atomic mass is 79.9. The molecule has 152 valence electrons. The van der Waals surface area contributed by atoms with E-state index in [0.717, 1.165) is 4.47 Å². The molecule has 3 rings (SSSR count). The van der Waals surface area contributed by atoms with E-state index in [9.17, 15) is 13.2 Å².